The number of rotatable bonds is 4. The molecule has 0 saturated heterocycles. The molecule has 0 amide bonds. The molecule has 0 unspecified atom stereocenters. The van der Waals surface area contributed by atoms with Gasteiger partial charge in [0.25, 0.3) is 0 Å². The Morgan fingerprint density at radius 3 is 2.10 bits per heavy atom. The highest BCUT2D eigenvalue weighted by Gasteiger charge is 2.25. The van der Waals surface area contributed by atoms with E-state index in [-0.39, 0.29) is 5.56 Å². The molecule has 164 valence electrons. The van der Waals surface area contributed by atoms with Crippen LogP contribution in [0.25, 0.3) is 22.4 Å². The number of hydrogen-bond acceptors (Lipinski definition) is 0. The molecule has 1 nitrogen and oxygen atoms in total. The molecule has 0 spiro atoms. The second kappa shape index (κ2) is 8.39. The zero-order valence-corrected chi connectivity index (χ0v) is 21.1. The van der Waals surface area contributed by atoms with Gasteiger partial charge in [-0.2, -0.15) is 0 Å². The quantitative estimate of drug-likeness (QED) is 0.308. The van der Waals surface area contributed by atoms with Crippen LogP contribution in [0.5, 0.6) is 0 Å². The van der Waals surface area contributed by atoms with Gasteiger partial charge in [0.1, 0.15) is 7.05 Å². The maximum absolute atomic E-state index is 8.60. The van der Waals surface area contributed by atoms with E-state index in [0.717, 1.165) is 22.0 Å². The van der Waals surface area contributed by atoms with E-state index in [1.807, 2.05) is 51.4 Å². The molecule has 0 aliphatic heterocycles. The van der Waals surface area contributed by atoms with E-state index in [4.69, 9.17) is 11.0 Å². The Morgan fingerprint density at radius 1 is 0.903 bits per heavy atom. The molecule has 2 aromatic carbocycles. The maximum Gasteiger partial charge on any atom is 0.212 e. The molecule has 0 bridgehead atoms. The number of benzene rings is 2. The summed E-state index contributed by atoms with van der Waals surface area (Å²) in [7, 11) is -0.231. The van der Waals surface area contributed by atoms with Crippen molar-refractivity contribution in [1.82, 2.24) is 0 Å². The Kier molecular flexibility index (Phi) is 4.00. The number of nitrogens with zero attached hydrogens (tertiary/aromatic N) is 1. The van der Waals surface area contributed by atoms with Crippen LogP contribution >= 0.6 is 0 Å². The van der Waals surface area contributed by atoms with Crippen molar-refractivity contribution in [3.05, 3.63) is 70.9 Å². The maximum atomic E-state index is 8.60. The van der Waals surface area contributed by atoms with Gasteiger partial charge in [0.2, 0.25) is 5.69 Å². The summed E-state index contributed by atoms with van der Waals surface area (Å²) in [6.45, 7) is 9.20. The molecule has 3 rings (SSSR count). The van der Waals surface area contributed by atoms with E-state index in [0.29, 0.717) is 22.3 Å². The largest absolute Gasteiger partial charge is 0.212 e. The van der Waals surface area contributed by atoms with E-state index in [1.165, 1.54) is 0 Å². The Morgan fingerprint density at radius 2 is 1.55 bits per heavy atom. The zero-order chi connectivity index (χ0) is 29.9. The van der Waals surface area contributed by atoms with Crippen LogP contribution in [-0.2, 0) is 13.4 Å². The first-order chi connectivity index (χ1) is 17.5. The summed E-state index contributed by atoms with van der Waals surface area (Å²) in [4.78, 5) is 0. The molecule has 0 radical (unpaired) electrons. The summed E-state index contributed by atoms with van der Waals surface area (Å²) < 4.78 is 68.0. The second-order valence-electron chi connectivity index (χ2n) is 10.5. The Hall–Kier alpha value is -2.19. The average molecular weight is 439 g/mol. The number of hydrogen-bond donors (Lipinski definition) is 0. The first kappa shape index (κ1) is 14.8. The minimum absolute atomic E-state index is 0.225. The van der Waals surface area contributed by atoms with Gasteiger partial charge in [-0.05, 0) is 71.5 Å². The lowest BCUT2D eigenvalue weighted by atomic mass is 9.87. The lowest BCUT2D eigenvalue weighted by Crippen LogP contribution is -2.44. The Bertz CT molecular complexity index is 1370. The summed E-state index contributed by atoms with van der Waals surface area (Å²) in [6, 6.07) is 12.6. The van der Waals surface area contributed by atoms with Crippen molar-refractivity contribution < 1.29 is 15.5 Å². The first-order valence-electron chi connectivity index (χ1n) is 14.8. The van der Waals surface area contributed by atoms with Crippen LogP contribution in [0.3, 0.4) is 0 Å². The van der Waals surface area contributed by atoms with Crippen molar-refractivity contribution >= 4 is 13.3 Å². The molecular formula is C29H40NSi+. The molecule has 0 aliphatic rings. The van der Waals surface area contributed by atoms with Gasteiger partial charge in [-0.25, -0.2) is 4.57 Å². The van der Waals surface area contributed by atoms with Crippen molar-refractivity contribution in [2.75, 3.05) is 0 Å². The third kappa shape index (κ3) is 5.36. The Balaban J connectivity index is 2.31. The molecule has 3 aromatic rings. The van der Waals surface area contributed by atoms with E-state index in [9.17, 15) is 0 Å². The smallest absolute Gasteiger partial charge is 0.201 e. The van der Waals surface area contributed by atoms with E-state index in [2.05, 4.69) is 19.6 Å². The predicted octanol–water partition coefficient (Wildman–Crippen LogP) is 6.90. The minimum Gasteiger partial charge on any atom is -0.201 e. The fraction of sp³-hybridized carbons (Fsp3) is 0.414. The lowest BCUT2D eigenvalue weighted by molar-refractivity contribution is -0.660. The van der Waals surface area contributed by atoms with Crippen LogP contribution in [-0.4, -0.2) is 8.07 Å². The van der Waals surface area contributed by atoms with Gasteiger partial charge in [-0.15, -0.1) is 0 Å². The molecule has 0 atom stereocenters. The summed E-state index contributed by atoms with van der Waals surface area (Å²) in [6.07, 6.45) is 0.123. The van der Waals surface area contributed by atoms with Gasteiger partial charge < -0.3 is 0 Å². The van der Waals surface area contributed by atoms with Crippen molar-refractivity contribution in [3.63, 3.8) is 0 Å². The van der Waals surface area contributed by atoms with E-state index < -0.39 is 33.6 Å². The third-order valence-corrected chi connectivity index (χ3v) is 7.47. The first-order valence-corrected chi connectivity index (χ1v) is 14.3. The van der Waals surface area contributed by atoms with Crippen LogP contribution in [0.2, 0.25) is 19.6 Å². The number of aryl methyl sites for hydroxylation is 4. The lowest BCUT2D eigenvalue weighted by Gasteiger charge is -2.20. The van der Waals surface area contributed by atoms with Crippen molar-refractivity contribution in [2.24, 2.45) is 12.5 Å². The van der Waals surface area contributed by atoms with Crippen LogP contribution in [0, 0.1) is 26.0 Å². The average Bonchev–Trinajstić information content (AvgIpc) is 2.76. The second-order valence-corrected chi connectivity index (χ2v) is 15.6. The van der Waals surface area contributed by atoms with Gasteiger partial charge in [-0.3, -0.25) is 0 Å². The van der Waals surface area contributed by atoms with Gasteiger partial charge in [-0.1, -0.05) is 70.7 Å². The topological polar surface area (TPSA) is 3.88 Å². The minimum atomic E-state index is -2.35. The Labute approximate surface area is 202 Å². The molecule has 0 N–H and O–H groups in total. The van der Waals surface area contributed by atoms with E-state index in [1.54, 1.807) is 36.5 Å². The fourth-order valence-electron chi connectivity index (χ4n) is 3.93. The van der Waals surface area contributed by atoms with Crippen LogP contribution in [0.4, 0.5) is 0 Å². The molecule has 1 heterocycles. The SMILES string of the molecule is [2H]C([2H])([2H])c1cc(C)c(-c2cc([Si](C)(C)C)c(C([2H])([2H])[2H])c[n+]2C)cc1-c1ccc(C([2H])([2H])C(C)(C)C)cc1. The summed E-state index contributed by atoms with van der Waals surface area (Å²) in [5, 5.41) is 0.852. The molecule has 31 heavy (non-hydrogen) atoms. The van der Waals surface area contributed by atoms with Crippen LogP contribution < -0.4 is 9.75 Å². The molecule has 0 saturated carbocycles. The summed E-state index contributed by atoms with van der Waals surface area (Å²) >= 11 is 0. The zero-order valence-electron chi connectivity index (χ0n) is 28.1. The summed E-state index contributed by atoms with van der Waals surface area (Å²) in [5.41, 5.74) is 4.16. The van der Waals surface area contributed by atoms with Gasteiger partial charge in [0.05, 0.1) is 8.07 Å². The highest BCUT2D eigenvalue weighted by atomic mass is 28.3. The molecule has 0 aliphatic carbocycles. The van der Waals surface area contributed by atoms with Crippen LogP contribution in [0.15, 0.2) is 48.7 Å². The van der Waals surface area contributed by atoms with E-state index >= 15 is 0 Å². The van der Waals surface area contributed by atoms with Crippen molar-refractivity contribution in [1.29, 1.82) is 0 Å². The highest BCUT2D eigenvalue weighted by Crippen LogP contribution is 2.32. The third-order valence-electron chi connectivity index (χ3n) is 5.44. The normalized spacial score (nSPS) is 17.4. The molecular weight excluding hydrogens is 390 g/mol. The van der Waals surface area contributed by atoms with Gasteiger partial charge >= 0.3 is 0 Å². The standard InChI is InChI=1S/C29H40NSi/c1-20-15-21(2)26(27-17-28(31(8,9)10)22(3)19-30(27)7)16-25(20)24-13-11-23(12-14-24)18-29(4,5)6/h11-17,19H,18H2,1-10H3/q+1/i1D3,3D3,18D2. The predicted molar refractivity (Wildman–Crippen MR) is 139 cm³/mol. The number of pyridine rings is 1. The van der Waals surface area contributed by atoms with Gasteiger partial charge in [0.15, 0.2) is 6.20 Å². The van der Waals surface area contributed by atoms with Crippen molar-refractivity contribution in [3.8, 4) is 22.4 Å². The summed E-state index contributed by atoms with van der Waals surface area (Å²) in [5.74, 6) is 0. The van der Waals surface area contributed by atoms with Crippen LogP contribution in [0.1, 0.15) is 54.0 Å². The number of aromatic nitrogens is 1. The molecule has 2 heteroatoms. The molecule has 0 fully saturated rings. The molecule has 1 aromatic heterocycles. The highest BCUT2D eigenvalue weighted by molar-refractivity contribution is 6.89. The fourth-order valence-corrected chi connectivity index (χ4v) is 5.37. The van der Waals surface area contributed by atoms with Gasteiger partial charge in [0, 0.05) is 28.2 Å². The van der Waals surface area contributed by atoms with Crippen molar-refractivity contribution in [2.45, 2.75) is 67.4 Å². The monoisotopic (exact) mass is 438 g/mol.